The maximum Gasteiger partial charge on any atom is 0.339 e. The molecule has 106 valence electrons. The summed E-state index contributed by atoms with van der Waals surface area (Å²) in [6.45, 7) is -0.636. The maximum absolute atomic E-state index is 12.2. The number of hydrogen-bond acceptors (Lipinski definition) is 5. The van der Waals surface area contributed by atoms with E-state index in [4.69, 9.17) is 14.4 Å². The average Bonchev–Trinajstić information content (AvgIpc) is 2.47. The molecule has 0 aromatic heterocycles. The number of rotatable bonds is 5. The quantitative estimate of drug-likeness (QED) is 0.815. The van der Waals surface area contributed by atoms with Crippen LogP contribution in [0.25, 0.3) is 0 Å². The van der Waals surface area contributed by atoms with Crippen molar-refractivity contribution in [1.82, 2.24) is 0 Å². The zero-order chi connectivity index (χ0) is 14.6. The second-order valence-electron chi connectivity index (χ2n) is 4.15. The van der Waals surface area contributed by atoms with Crippen LogP contribution in [0.3, 0.4) is 0 Å². The van der Waals surface area contributed by atoms with Crippen molar-refractivity contribution in [1.29, 1.82) is 0 Å². The molecule has 0 radical (unpaired) electrons. The molecule has 0 saturated carbocycles. The third-order valence-electron chi connectivity index (χ3n) is 2.63. The first-order chi connectivity index (χ1) is 9.55. The van der Waals surface area contributed by atoms with E-state index in [1.54, 1.807) is 18.2 Å². The molecule has 0 aliphatic carbocycles. The van der Waals surface area contributed by atoms with Gasteiger partial charge >= 0.3 is 10.1 Å². The SMILES string of the molecule is O=S(=O)(Oc1ccccc1)c1cc(CO)cc(CO)c1. The Morgan fingerprint density at radius 2 is 1.45 bits per heavy atom. The second-order valence-corrected chi connectivity index (χ2v) is 5.70. The zero-order valence-corrected chi connectivity index (χ0v) is 11.4. The predicted molar refractivity (Wildman–Crippen MR) is 72.5 cm³/mol. The zero-order valence-electron chi connectivity index (χ0n) is 10.6. The molecule has 2 N–H and O–H groups in total. The highest BCUT2D eigenvalue weighted by Crippen LogP contribution is 2.21. The van der Waals surface area contributed by atoms with Crippen LogP contribution in [0.5, 0.6) is 5.75 Å². The van der Waals surface area contributed by atoms with Crippen molar-refractivity contribution in [3.8, 4) is 5.75 Å². The van der Waals surface area contributed by atoms with Crippen LogP contribution in [0.15, 0.2) is 53.4 Å². The Bertz CT molecular complexity index is 658. The molecule has 5 nitrogen and oxygen atoms in total. The first-order valence-corrected chi connectivity index (χ1v) is 7.30. The van der Waals surface area contributed by atoms with Gasteiger partial charge in [-0.2, -0.15) is 8.42 Å². The summed E-state index contributed by atoms with van der Waals surface area (Å²) in [4.78, 5) is -0.100. The van der Waals surface area contributed by atoms with Gasteiger partial charge in [-0.15, -0.1) is 0 Å². The van der Waals surface area contributed by atoms with Crippen LogP contribution in [0.1, 0.15) is 11.1 Å². The fourth-order valence-electron chi connectivity index (χ4n) is 1.71. The molecule has 2 aromatic rings. The summed E-state index contributed by atoms with van der Waals surface area (Å²) in [6, 6.07) is 12.3. The molecule has 0 aliphatic rings. The van der Waals surface area contributed by atoms with Gasteiger partial charge in [-0.1, -0.05) is 24.3 Å². The van der Waals surface area contributed by atoms with Gasteiger partial charge in [0.2, 0.25) is 0 Å². The van der Waals surface area contributed by atoms with Crippen molar-refractivity contribution in [3.63, 3.8) is 0 Å². The molecule has 0 aliphatic heterocycles. The van der Waals surface area contributed by atoms with Crippen molar-refractivity contribution < 1.29 is 22.8 Å². The summed E-state index contributed by atoms with van der Waals surface area (Å²) in [5.74, 6) is 0.201. The number of aliphatic hydroxyl groups is 2. The van der Waals surface area contributed by atoms with E-state index >= 15 is 0 Å². The molecule has 2 aromatic carbocycles. The van der Waals surface area contributed by atoms with Gasteiger partial charge in [0.15, 0.2) is 0 Å². The summed E-state index contributed by atoms with van der Waals surface area (Å²) in [7, 11) is -4.00. The molecule has 20 heavy (non-hydrogen) atoms. The van der Waals surface area contributed by atoms with Gasteiger partial charge in [-0.25, -0.2) is 0 Å². The van der Waals surface area contributed by atoms with Crippen molar-refractivity contribution in [2.75, 3.05) is 0 Å². The number of hydrogen-bond donors (Lipinski definition) is 2. The maximum atomic E-state index is 12.2. The summed E-state index contributed by atoms with van der Waals surface area (Å²) in [5, 5.41) is 18.2. The van der Waals surface area contributed by atoms with Crippen LogP contribution < -0.4 is 4.18 Å². The molecule has 0 unspecified atom stereocenters. The monoisotopic (exact) mass is 294 g/mol. The summed E-state index contributed by atoms with van der Waals surface area (Å²) in [5.41, 5.74) is 0.790. The van der Waals surface area contributed by atoms with Gasteiger partial charge in [0.1, 0.15) is 10.6 Å². The minimum absolute atomic E-state index is 0.100. The Morgan fingerprint density at radius 3 is 1.95 bits per heavy atom. The molecule has 6 heteroatoms. The normalized spacial score (nSPS) is 11.3. The molecule has 0 bridgehead atoms. The van der Waals surface area contributed by atoms with E-state index in [0.29, 0.717) is 11.1 Å². The summed E-state index contributed by atoms with van der Waals surface area (Å²) >= 11 is 0. The Morgan fingerprint density at radius 1 is 0.900 bits per heavy atom. The van der Waals surface area contributed by atoms with Crippen LogP contribution in [0, 0.1) is 0 Å². The van der Waals surface area contributed by atoms with Gasteiger partial charge in [0.05, 0.1) is 13.2 Å². The Hall–Kier alpha value is -1.89. The molecule has 0 atom stereocenters. The molecule has 0 amide bonds. The third-order valence-corrected chi connectivity index (χ3v) is 3.85. The van der Waals surface area contributed by atoms with Gasteiger partial charge < -0.3 is 14.4 Å². The van der Waals surface area contributed by atoms with Crippen LogP contribution in [-0.2, 0) is 23.3 Å². The van der Waals surface area contributed by atoms with Gasteiger partial charge in [0.25, 0.3) is 0 Å². The summed E-state index contributed by atoms with van der Waals surface area (Å²) in [6.07, 6.45) is 0. The van der Waals surface area contributed by atoms with Crippen molar-refractivity contribution in [2.45, 2.75) is 18.1 Å². The van der Waals surface area contributed by atoms with Crippen LogP contribution in [0.2, 0.25) is 0 Å². The second kappa shape index (κ2) is 6.04. The van der Waals surface area contributed by atoms with E-state index in [0.717, 1.165) is 0 Å². The van der Waals surface area contributed by atoms with E-state index in [9.17, 15) is 8.42 Å². The first kappa shape index (κ1) is 14.5. The lowest BCUT2D eigenvalue weighted by molar-refractivity contribution is 0.274. The van der Waals surface area contributed by atoms with E-state index in [-0.39, 0.29) is 23.9 Å². The lowest BCUT2D eigenvalue weighted by Gasteiger charge is -2.09. The highest BCUT2D eigenvalue weighted by atomic mass is 32.2. The lowest BCUT2D eigenvalue weighted by Crippen LogP contribution is -2.11. The van der Waals surface area contributed by atoms with Crippen molar-refractivity contribution >= 4 is 10.1 Å². The van der Waals surface area contributed by atoms with Gasteiger partial charge in [-0.3, -0.25) is 0 Å². The fourth-order valence-corrected chi connectivity index (χ4v) is 2.76. The lowest BCUT2D eigenvalue weighted by atomic mass is 10.1. The predicted octanol–water partition coefficient (Wildman–Crippen LogP) is 1.44. The Kier molecular flexibility index (Phi) is 4.39. The van der Waals surface area contributed by atoms with Gasteiger partial charge in [0, 0.05) is 0 Å². The Balaban J connectivity index is 2.38. The highest BCUT2D eigenvalue weighted by molar-refractivity contribution is 7.87. The van der Waals surface area contributed by atoms with Crippen molar-refractivity contribution in [3.05, 3.63) is 59.7 Å². The van der Waals surface area contributed by atoms with Crippen LogP contribution in [0.4, 0.5) is 0 Å². The molecule has 0 heterocycles. The minimum atomic E-state index is -4.00. The number of para-hydroxylation sites is 1. The smallest absolute Gasteiger partial charge is 0.339 e. The van der Waals surface area contributed by atoms with E-state index in [2.05, 4.69) is 0 Å². The largest absolute Gasteiger partial charge is 0.392 e. The van der Waals surface area contributed by atoms with E-state index < -0.39 is 10.1 Å². The number of benzene rings is 2. The molecule has 0 spiro atoms. The van der Waals surface area contributed by atoms with Crippen LogP contribution in [-0.4, -0.2) is 18.6 Å². The average molecular weight is 294 g/mol. The van der Waals surface area contributed by atoms with Crippen molar-refractivity contribution in [2.24, 2.45) is 0 Å². The molecule has 0 saturated heterocycles. The summed E-state index contributed by atoms with van der Waals surface area (Å²) < 4.78 is 29.3. The first-order valence-electron chi connectivity index (χ1n) is 5.89. The number of aliphatic hydroxyl groups excluding tert-OH is 2. The van der Waals surface area contributed by atoms with E-state index in [1.807, 2.05) is 0 Å². The molecule has 2 rings (SSSR count). The molecule has 0 fully saturated rings. The molecular formula is C14H14O5S. The Labute approximate surface area is 117 Å². The third kappa shape index (κ3) is 3.36. The van der Waals surface area contributed by atoms with Crippen LogP contribution >= 0.6 is 0 Å². The minimum Gasteiger partial charge on any atom is -0.392 e. The topological polar surface area (TPSA) is 83.8 Å². The highest BCUT2D eigenvalue weighted by Gasteiger charge is 2.18. The fraction of sp³-hybridized carbons (Fsp3) is 0.143. The standard InChI is InChI=1S/C14H14O5S/c15-9-11-6-12(10-16)8-14(7-11)20(17,18)19-13-4-2-1-3-5-13/h1-8,15-16H,9-10H2. The molecular weight excluding hydrogens is 280 g/mol. The van der Waals surface area contributed by atoms with Gasteiger partial charge in [-0.05, 0) is 35.4 Å². The van der Waals surface area contributed by atoms with E-state index in [1.165, 1.54) is 30.3 Å².